The summed E-state index contributed by atoms with van der Waals surface area (Å²) in [6.45, 7) is 2.50. The lowest BCUT2D eigenvalue weighted by Crippen LogP contribution is -2.41. The van der Waals surface area contributed by atoms with E-state index in [1.54, 1.807) is 7.11 Å². The van der Waals surface area contributed by atoms with Crippen molar-refractivity contribution in [1.29, 1.82) is 0 Å². The first-order valence-electron chi connectivity index (χ1n) is 6.69. The van der Waals surface area contributed by atoms with Gasteiger partial charge in [0.15, 0.2) is 0 Å². The monoisotopic (exact) mass is 242 g/mol. The third-order valence-corrected chi connectivity index (χ3v) is 3.75. The summed E-state index contributed by atoms with van der Waals surface area (Å²) in [5.41, 5.74) is 5.50. The molecule has 1 saturated carbocycles. The van der Waals surface area contributed by atoms with Crippen molar-refractivity contribution in [2.45, 2.75) is 57.6 Å². The zero-order valence-corrected chi connectivity index (χ0v) is 11.1. The van der Waals surface area contributed by atoms with Gasteiger partial charge in [0, 0.05) is 19.7 Å². The van der Waals surface area contributed by atoms with Crippen molar-refractivity contribution in [2.24, 2.45) is 11.7 Å². The van der Waals surface area contributed by atoms with Crippen molar-refractivity contribution >= 4 is 5.91 Å². The van der Waals surface area contributed by atoms with Crippen LogP contribution in [0.4, 0.5) is 0 Å². The molecule has 0 aromatic carbocycles. The van der Waals surface area contributed by atoms with E-state index >= 15 is 0 Å². The van der Waals surface area contributed by atoms with Crippen LogP contribution in [0, 0.1) is 5.92 Å². The number of nitrogens with two attached hydrogens (primary N) is 1. The van der Waals surface area contributed by atoms with Crippen molar-refractivity contribution in [2.75, 3.05) is 13.7 Å². The van der Waals surface area contributed by atoms with Crippen molar-refractivity contribution in [3.8, 4) is 0 Å². The molecule has 1 unspecified atom stereocenters. The molecule has 1 amide bonds. The maximum absolute atomic E-state index is 11.8. The molecule has 100 valence electrons. The van der Waals surface area contributed by atoms with Crippen LogP contribution in [0.1, 0.15) is 45.4 Å². The van der Waals surface area contributed by atoms with E-state index in [0.717, 1.165) is 0 Å². The predicted octanol–water partition coefficient (Wildman–Crippen LogP) is 1.44. The maximum atomic E-state index is 11.8. The molecule has 0 radical (unpaired) electrons. The van der Waals surface area contributed by atoms with Crippen LogP contribution >= 0.6 is 0 Å². The fourth-order valence-electron chi connectivity index (χ4n) is 2.53. The number of amides is 1. The molecule has 0 bridgehead atoms. The first-order chi connectivity index (χ1) is 8.17. The summed E-state index contributed by atoms with van der Waals surface area (Å²) in [7, 11) is 1.59. The van der Waals surface area contributed by atoms with Gasteiger partial charge in [0.25, 0.3) is 0 Å². The average Bonchev–Trinajstić information content (AvgIpc) is 2.37. The van der Waals surface area contributed by atoms with Crippen molar-refractivity contribution < 1.29 is 9.53 Å². The molecule has 3 N–H and O–H groups in total. The summed E-state index contributed by atoms with van der Waals surface area (Å²) in [4.78, 5) is 11.8. The summed E-state index contributed by atoms with van der Waals surface area (Å²) in [6, 6.07) is 0.276. The molecular weight excluding hydrogens is 216 g/mol. The quantitative estimate of drug-likeness (QED) is 0.740. The minimum atomic E-state index is -0.159. The molecule has 1 fully saturated rings. The topological polar surface area (TPSA) is 64.3 Å². The molecule has 0 saturated heterocycles. The fraction of sp³-hybridized carbons (Fsp3) is 0.923. The lowest BCUT2D eigenvalue weighted by atomic mass is 9.84. The molecule has 0 spiro atoms. The van der Waals surface area contributed by atoms with Gasteiger partial charge in [-0.05, 0) is 25.7 Å². The molecule has 4 nitrogen and oxygen atoms in total. The van der Waals surface area contributed by atoms with Crippen LogP contribution in [-0.2, 0) is 9.53 Å². The summed E-state index contributed by atoms with van der Waals surface area (Å²) in [5.74, 6) is 0.701. The van der Waals surface area contributed by atoms with E-state index in [9.17, 15) is 4.79 Å². The summed E-state index contributed by atoms with van der Waals surface area (Å²) < 4.78 is 5.11. The smallest absolute Gasteiger partial charge is 0.222 e. The zero-order valence-electron chi connectivity index (χ0n) is 11.1. The Balaban J connectivity index is 2.29. The molecule has 0 aliphatic heterocycles. The van der Waals surface area contributed by atoms with Gasteiger partial charge in [0.05, 0.1) is 12.5 Å². The number of carbonyl (C=O) groups excluding carboxylic acids is 1. The molecule has 17 heavy (non-hydrogen) atoms. The van der Waals surface area contributed by atoms with Crippen LogP contribution < -0.4 is 11.1 Å². The Bertz CT molecular complexity index is 223. The Kier molecular flexibility index (Phi) is 6.52. The van der Waals surface area contributed by atoms with Gasteiger partial charge in [-0.1, -0.05) is 19.3 Å². The minimum Gasteiger partial charge on any atom is -0.380 e. The fourth-order valence-corrected chi connectivity index (χ4v) is 2.53. The van der Waals surface area contributed by atoms with Gasteiger partial charge in [-0.15, -0.1) is 0 Å². The molecule has 1 rings (SSSR count). The number of hydrogen-bond acceptors (Lipinski definition) is 3. The van der Waals surface area contributed by atoms with Gasteiger partial charge < -0.3 is 15.8 Å². The first kappa shape index (κ1) is 14.5. The van der Waals surface area contributed by atoms with Crippen LogP contribution in [0.5, 0.6) is 0 Å². The number of methoxy groups -OCH3 is 1. The summed E-state index contributed by atoms with van der Waals surface area (Å²) in [5, 5.41) is 3.07. The highest BCUT2D eigenvalue weighted by Gasteiger charge is 2.22. The zero-order chi connectivity index (χ0) is 12.7. The van der Waals surface area contributed by atoms with Crippen LogP contribution in [0.3, 0.4) is 0 Å². The van der Waals surface area contributed by atoms with Crippen LogP contribution in [0.2, 0.25) is 0 Å². The van der Waals surface area contributed by atoms with Crippen molar-refractivity contribution in [3.63, 3.8) is 0 Å². The SMILES string of the molecule is COC(CN)CC(=O)N[C@H](C)C1CCCCC1. The molecule has 0 heterocycles. The average molecular weight is 242 g/mol. The van der Waals surface area contributed by atoms with E-state index in [4.69, 9.17) is 10.5 Å². The molecule has 2 atom stereocenters. The van der Waals surface area contributed by atoms with Crippen LogP contribution in [-0.4, -0.2) is 31.7 Å². The van der Waals surface area contributed by atoms with E-state index in [1.165, 1.54) is 32.1 Å². The second-order valence-electron chi connectivity index (χ2n) is 5.05. The standard InChI is InChI=1S/C13H26N2O2/c1-10(11-6-4-3-5-7-11)15-13(16)8-12(9-14)17-2/h10-12H,3-9,14H2,1-2H3,(H,15,16)/t10-,12?/m1/s1. The van der Waals surface area contributed by atoms with Crippen LogP contribution in [0.25, 0.3) is 0 Å². The molecule has 0 aromatic heterocycles. The molecule has 1 aliphatic carbocycles. The van der Waals surface area contributed by atoms with E-state index in [-0.39, 0.29) is 18.1 Å². The molecule has 1 aliphatic rings. The number of ether oxygens (including phenoxy) is 1. The number of hydrogen-bond donors (Lipinski definition) is 2. The lowest BCUT2D eigenvalue weighted by molar-refractivity contribution is -0.124. The van der Waals surface area contributed by atoms with E-state index in [1.807, 2.05) is 0 Å². The lowest BCUT2D eigenvalue weighted by Gasteiger charge is -2.28. The first-order valence-corrected chi connectivity index (χ1v) is 6.69. The predicted molar refractivity (Wildman–Crippen MR) is 68.6 cm³/mol. The Morgan fingerprint density at radius 1 is 1.41 bits per heavy atom. The van der Waals surface area contributed by atoms with Gasteiger partial charge in [-0.25, -0.2) is 0 Å². The molecule has 0 aromatic rings. The second-order valence-corrected chi connectivity index (χ2v) is 5.05. The van der Waals surface area contributed by atoms with Crippen molar-refractivity contribution in [1.82, 2.24) is 5.32 Å². The Labute approximate surface area is 104 Å². The number of rotatable bonds is 6. The van der Waals surface area contributed by atoms with Gasteiger partial charge >= 0.3 is 0 Å². The van der Waals surface area contributed by atoms with Crippen molar-refractivity contribution in [3.05, 3.63) is 0 Å². The summed E-state index contributed by atoms with van der Waals surface area (Å²) in [6.07, 6.45) is 6.63. The van der Waals surface area contributed by atoms with E-state index < -0.39 is 0 Å². The van der Waals surface area contributed by atoms with Gasteiger partial charge in [-0.3, -0.25) is 4.79 Å². The van der Waals surface area contributed by atoms with E-state index in [2.05, 4.69) is 12.2 Å². The third-order valence-electron chi connectivity index (χ3n) is 3.75. The molecular formula is C13H26N2O2. The largest absolute Gasteiger partial charge is 0.380 e. The number of nitrogens with one attached hydrogen (secondary N) is 1. The van der Waals surface area contributed by atoms with Gasteiger partial charge in [0.1, 0.15) is 0 Å². The Morgan fingerprint density at radius 3 is 2.59 bits per heavy atom. The van der Waals surface area contributed by atoms with Gasteiger partial charge in [-0.2, -0.15) is 0 Å². The van der Waals surface area contributed by atoms with E-state index in [0.29, 0.717) is 18.9 Å². The maximum Gasteiger partial charge on any atom is 0.222 e. The van der Waals surface area contributed by atoms with Crippen LogP contribution in [0.15, 0.2) is 0 Å². The minimum absolute atomic E-state index is 0.0559. The summed E-state index contributed by atoms with van der Waals surface area (Å²) >= 11 is 0. The number of carbonyl (C=O) groups is 1. The Hall–Kier alpha value is -0.610. The Morgan fingerprint density at radius 2 is 2.06 bits per heavy atom. The highest BCUT2D eigenvalue weighted by molar-refractivity contribution is 5.76. The molecule has 4 heteroatoms. The normalized spacial score (nSPS) is 20.9. The third kappa shape index (κ3) is 5.04. The highest BCUT2D eigenvalue weighted by atomic mass is 16.5. The van der Waals surface area contributed by atoms with Gasteiger partial charge in [0.2, 0.25) is 5.91 Å². The highest BCUT2D eigenvalue weighted by Crippen LogP contribution is 2.26. The second kappa shape index (κ2) is 7.67.